The van der Waals surface area contributed by atoms with E-state index in [0.29, 0.717) is 0 Å². The maximum Gasteiger partial charge on any atom is 0.416 e. The van der Waals surface area contributed by atoms with Crippen molar-refractivity contribution in [3.05, 3.63) is 28.8 Å². The lowest BCUT2D eigenvalue weighted by molar-refractivity contribution is -0.137. The van der Waals surface area contributed by atoms with E-state index in [-0.39, 0.29) is 10.7 Å². The monoisotopic (exact) mass is 329 g/mol. The first kappa shape index (κ1) is 14.3. The molecule has 7 heteroatoms. The summed E-state index contributed by atoms with van der Waals surface area (Å²) in [6, 6.07) is 2.89. The molecule has 0 aromatic heterocycles. The van der Waals surface area contributed by atoms with E-state index in [1.54, 1.807) is 6.92 Å². The van der Waals surface area contributed by atoms with Crippen LogP contribution in [0.15, 0.2) is 18.2 Å². The highest BCUT2D eigenvalue weighted by molar-refractivity contribution is 9.10. The van der Waals surface area contributed by atoms with Crippen LogP contribution in [0.4, 0.5) is 18.9 Å². The number of carbonyl (C=O) groups excluding carboxylic acids is 1. The Kier molecular flexibility index (Phi) is 4.43. The van der Waals surface area contributed by atoms with Crippen molar-refractivity contribution in [2.75, 3.05) is 5.32 Å². The van der Waals surface area contributed by atoms with E-state index in [1.807, 2.05) is 0 Å². The third-order valence-corrected chi connectivity index (χ3v) is 2.49. The summed E-state index contributed by atoms with van der Waals surface area (Å²) in [5.74, 6) is -0.444. The molecule has 17 heavy (non-hydrogen) atoms. The van der Waals surface area contributed by atoms with Gasteiger partial charge in [0.15, 0.2) is 0 Å². The molecular weight excluding hydrogens is 322 g/mol. The Morgan fingerprint density at radius 3 is 2.47 bits per heavy atom. The topological polar surface area (TPSA) is 29.1 Å². The Morgan fingerprint density at radius 1 is 1.41 bits per heavy atom. The molecule has 1 aromatic rings. The van der Waals surface area contributed by atoms with E-state index in [9.17, 15) is 18.0 Å². The summed E-state index contributed by atoms with van der Waals surface area (Å²) < 4.78 is 37.4. The molecule has 0 saturated heterocycles. The number of alkyl halides is 4. The summed E-state index contributed by atoms with van der Waals surface area (Å²) in [5, 5.41) is 2.24. The molecule has 0 spiro atoms. The predicted molar refractivity (Wildman–Crippen MR) is 63.5 cm³/mol. The van der Waals surface area contributed by atoms with Gasteiger partial charge in [-0.25, -0.2) is 0 Å². The summed E-state index contributed by atoms with van der Waals surface area (Å²) in [5.41, 5.74) is -0.886. The molecule has 0 saturated carbocycles. The Labute approximate surface area is 109 Å². The molecule has 1 atom stereocenters. The minimum Gasteiger partial charge on any atom is -0.325 e. The van der Waals surface area contributed by atoms with Crippen molar-refractivity contribution in [1.82, 2.24) is 0 Å². The second kappa shape index (κ2) is 5.27. The van der Waals surface area contributed by atoms with Crippen molar-refractivity contribution in [1.29, 1.82) is 0 Å². The molecular formula is C10H8BrClF3NO. The van der Waals surface area contributed by atoms with Crippen molar-refractivity contribution < 1.29 is 18.0 Å². The van der Waals surface area contributed by atoms with E-state index < -0.39 is 22.5 Å². The van der Waals surface area contributed by atoms with Gasteiger partial charge in [-0.05, 0) is 25.1 Å². The zero-order valence-electron chi connectivity index (χ0n) is 8.61. The van der Waals surface area contributed by atoms with Gasteiger partial charge in [-0.2, -0.15) is 13.2 Å². The number of hydrogen-bond acceptors (Lipinski definition) is 1. The van der Waals surface area contributed by atoms with Crippen LogP contribution in [-0.4, -0.2) is 10.7 Å². The van der Waals surface area contributed by atoms with Gasteiger partial charge in [-0.3, -0.25) is 4.79 Å². The van der Waals surface area contributed by atoms with E-state index in [1.165, 1.54) is 6.07 Å². The molecule has 1 amide bonds. The summed E-state index contributed by atoms with van der Waals surface area (Å²) in [4.78, 5) is 10.8. The summed E-state index contributed by atoms with van der Waals surface area (Å²) in [6.45, 7) is 1.56. The van der Waals surface area contributed by atoms with E-state index in [4.69, 9.17) is 11.6 Å². The average Bonchev–Trinajstić information content (AvgIpc) is 2.15. The maximum absolute atomic E-state index is 12.5. The van der Waals surface area contributed by atoms with E-state index in [2.05, 4.69) is 21.2 Å². The van der Waals surface area contributed by atoms with Crippen molar-refractivity contribution in [2.24, 2.45) is 0 Å². The van der Waals surface area contributed by atoms with Crippen LogP contribution in [0.1, 0.15) is 12.5 Å². The molecule has 0 bridgehead atoms. The van der Waals surface area contributed by atoms with Gasteiger partial charge in [0.1, 0.15) is 0 Å². The fraction of sp³-hybridized carbons (Fsp3) is 0.300. The second-order valence-corrected chi connectivity index (χ2v) is 5.14. The fourth-order valence-electron chi connectivity index (χ4n) is 1.07. The SMILES string of the molecule is CC(Br)C(=O)Nc1cc(Cl)cc(C(F)(F)F)c1. The van der Waals surface area contributed by atoms with Crippen LogP contribution in [0.2, 0.25) is 5.02 Å². The molecule has 0 aliphatic rings. The quantitative estimate of drug-likeness (QED) is 0.813. The van der Waals surface area contributed by atoms with Crippen molar-refractivity contribution in [3.8, 4) is 0 Å². The van der Waals surface area contributed by atoms with Crippen LogP contribution >= 0.6 is 27.5 Å². The molecule has 2 nitrogen and oxygen atoms in total. The lowest BCUT2D eigenvalue weighted by Crippen LogP contribution is -2.20. The molecule has 0 heterocycles. The Hall–Kier alpha value is -0.750. The predicted octanol–water partition coefficient (Wildman–Crippen LogP) is 4.08. The van der Waals surface area contributed by atoms with Gasteiger partial charge in [0, 0.05) is 10.7 Å². The molecule has 1 aromatic carbocycles. The number of anilines is 1. The Bertz CT molecular complexity index is 434. The zero-order chi connectivity index (χ0) is 13.2. The van der Waals surface area contributed by atoms with Crippen LogP contribution in [0.3, 0.4) is 0 Å². The number of amides is 1. The smallest absolute Gasteiger partial charge is 0.325 e. The molecule has 1 rings (SSSR count). The highest BCUT2D eigenvalue weighted by atomic mass is 79.9. The van der Waals surface area contributed by atoms with Crippen LogP contribution < -0.4 is 5.32 Å². The highest BCUT2D eigenvalue weighted by Crippen LogP contribution is 2.33. The fourth-order valence-corrected chi connectivity index (χ4v) is 1.42. The van der Waals surface area contributed by atoms with Gasteiger partial charge in [0.25, 0.3) is 0 Å². The minimum absolute atomic E-state index is 0.0149. The zero-order valence-corrected chi connectivity index (χ0v) is 10.9. The van der Waals surface area contributed by atoms with Crippen LogP contribution in [0, 0.1) is 0 Å². The van der Waals surface area contributed by atoms with Gasteiger partial charge in [-0.1, -0.05) is 27.5 Å². The third-order valence-electron chi connectivity index (χ3n) is 1.85. The van der Waals surface area contributed by atoms with E-state index >= 15 is 0 Å². The number of benzene rings is 1. The standard InChI is InChI=1S/C10H8BrClF3NO/c1-5(11)9(17)16-8-3-6(10(13,14)15)2-7(12)4-8/h2-5H,1H3,(H,16,17). The largest absolute Gasteiger partial charge is 0.416 e. The number of hydrogen-bond donors (Lipinski definition) is 1. The van der Waals surface area contributed by atoms with Gasteiger partial charge in [0.2, 0.25) is 5.91 Å². The second-order valence-electron chi connectivity index (χ2n) is 3.33. The van der Waals surface area contributed by atoms with Crippen molar-refractivity contribution in [2.45, 2.75) is 17.9 Å². The molecule has 1 unspecified atom stereocenters. The van der Waals surface area contributed by atoms with Crippen molar-refractivity contribution >= 4 is 39.1 Å². The van der Waals surface area contributed by atoms with Crippen LogP contribution in [0.25, 0.3) is 0 Å². The number of rotatable bonds is 2. The first-order valence-electron chi connectivity index (χ1n) is 4.53. The van der Waals surface area contributed by atoms with Crippen molar-refractivity contribution in [3.63, 3.8) is 0 Å². The number of nitrogens with one attached hydrogen (secondary N) is 1. The first-order chi connectivity index (χ1) is 7.70. The first-order valence-corrected chi connectivity index (χ1v) is 5.82. The molecule has 0 aliphatic heterocycles. The van der Waals surface area contributed by atoms with E-state index in [0.717, 1.165) is 12.1 Å². The van der Waals surface area contributed by atoms with Gasteiger partial charge >= 0.3 is 6.18 Å². The summed E-state index contributed by atoms with van der Waals surface area (Å²) in [7, 11) is 0. The molecule has 0 fully saturated rings. The lowest BCUT2D eigenvalue weighted by Gasteiger charge is -2.11. The lowest BCUT2D eigenvalue weighted by atomic mass is 10.2. The summed E-state index contributed by atoms with van der Waals surface area (Å²) in [6.07, 6.45) is -4.50. The van der Waals surface area contributed by atoms with Crippen LogP contribution in [0.5, 0.6) is 0 Å². The van der Waals surface area contributed by atoms with Gasteiger partial charge in [-0.15, -0.1) is 0 Å². The van der Waals surface area contributed by atoms with Gasteiger partial charge in [0.05, 0.1) is 10.4 Å². The number of carbonyl (C=O) groups is 1. The molecule has 0 radical (unpaired) electrons. The highest BCUT2D eigenvalue weighted by Gasteiger charge is 2.31. The molecule has 1 N–H and O–H groups in total. The number of halogens is 5. The summed E-state index contributed by atoms with van der Waals surface area (Å²) >= 11 is 8.56. The van der Waals surface area contributed by atoms with Gasteiger partial charge < -0.3 is 5.32 Å². The maximum atomic E-state index is 12.5. The third kappa shape index (κ3) is 4.20. The average molecular weight is 331 g/mol. The van der Waals surface area contributed by atoms with Crippen LogP contribution in [-0.2, 0) is 11.0 Å². The Balaban J connectivity index is 3.02. The Morgan fingerprint density at radius 2 is 2.00 bits per heavy atom. The molecule has 94 valence electrons. The normalized spacial score (nSPS) is 13.3. The molecule has 0 aliphatic carbocycles. The minimum atomic E-state index is -4.50.